The predicted octanol–water partition coefficient (Wildman–Crippen LogP) is 1.13. The molecule has 2 aliphatic rings. The molecule has 1 saturated heterocycles. The van der Waals surface area contributed by atoms with Gasteiger partial charge in [-0.3, -0.25) is 4.79 Å². The fourth-order valence-electron chi connectivity index (χ4n) is 3.21. The van der Waals surface area contributed by atoms with Crippen LogP contribution in [0.1, 0.15) is 25.7 Å². The van der Waals surface area contributed by atoms with Gasteiger partial charge in [0.05, 0.1) is 0 Å². The first-order valence-electron chi connectivity index (χ1n) is 8.76. The Morgan fingerprint density at radius 3 is 2.73 bits per heavy atom. The lowest BCUT2D eigenvalue weighted by atomic mass is 10.0. The maximum atomic E-state index is 12.5. The normalized spacial score (nSPS) is 18.1. The third-order valence-corrected chi connectivity index (χ3v) is 4.90. The lowest BCUT2D eigenvalue weighted by molar-refractivity contribution is -0.131. The molecule has 26 heavy (non-hydrogen) atoms. The lowest BCUT2D eigenvalue weighted by Crippen LogP contribution is -2.49. The van der Waals surface area contributed by atoms with Gasteiger partial charge in [-0.1, -0.05) is 0 Å². The van der Waals surface area contributed by atoms with Crippen LogP contribution in [0.4, 0.5) is 5.82 Å². The highest BCUT2D eigenvalue weighted by Gasteiger charge is 2.39. The van der Waals surface area contributed by atoms with E-state index in [0.29, 0.717) is 32.4 Å². The smallest absolute Gasteiger partial charge is 0.222 e. The molecule has 0 spiro atoms. The molecule has 0 N–H and O–H groups in total. The van der Waals surface area contributed by atoms with Gasteiger partial charge in [0.2, 0.25) is 5.91 Å². The Morgan fingerprint density at radius 1 is 1.19 bits per heavy atom. The average Bonchev–Trinajstić information content (AvgIpc) is 3.30. The van der Waals surface area contributed by atoms with E-state index in [4.69, 9.17) is 6.42 Å². The molecule has 1 amide bonds. The molecular formula is C17H20N8O. The highest BCUT2D eigenvalue weighted by molar-refractivity contribution is 5.76. The van der Waals surface area contributed by atoms with E-state index in [9.17, 15) is 4.79 Å². The van der Waals surface area contributed by atoms with Crippen molar-refractivity contribution in [3.63, 3.8) is 0 Å². The second kappa shape index (κ2) is 6.71. The average molecular weight is 352 g/mol. The standard InChI is InChI=1S/C17H20N8O/c1-2-3-7-17(21-22-17)8-6-16(26)24-11-9-23(10-12-24)15-5-4-14-19-18-13-25(14)20-15/h1,4-5,13H,3,6-12H2. The molecule has 2 aromatic heterocycles. The molecule has 2 aliphatic heterocycles. The zero-order chi connectivity index (χ0) is 18.0. The summed E-state index contributed by atoms with van der Waals surface area (Å²) in [6, 6.07) is 3.83. The van der Waals surface area contributed by atoms with Crippen molar-refractivity contribution in [2.24, 2.45) is 10.2 Å². The lowest BCUT2D eigenvalue weighted by Gasteiger charge is -2.35. The van der Waals surface area contributed by atoms with Crippen molar-refractivity contribution in [1.82, 2.24) is 24.7 Å². The summed E-state index contributed by atoms with van der Waals surface area (Å²) in [6.07, 6.45) is 9.37. The van der Waals surface area contributed by atoms with E-state index in [2.05, 4.69) is 36.3 Å². The molecule has 0 saturated carbocycles. The van der Waals surface area contributed by atoms with Gasteiger partial charge < -0.3 is 9.80 Å². The Kier molecular flexibility index (Phi) is 4.24. The first-order chi connectivity index (χ1) is 12.7. The molecule has 0 radical (unpaired) electrons. The van der Waals surface area contributed by atoms with E-state index in [1.165, 1.54) is 0 Å². The molecule has 0 aliphatic carbocycles. The number of hydrogen-bond acceptors (Lipinski definition) is 7. The van der Waals surface area contributed by atoms with Crippen molar-refractivity contribution in [2.45, 2.75) is 31.3 Å². The van der Waals surface area contributed by atoms with Crippen LogP contribution in [0.2, 0.25) is 0 Å². The van der Waals surface area contributed by atoms with Gasteiger partial charge in [0.25, 0.3) is 0 Å². The second-order valence-electron chi connectivity index (χ2n) is 6.58. The van der Waals surface area contributed by atoms with E-state index in [-0.39, 0.29) is 11.6 Å². The van der Waals surface area contributed by atoms with Crippen molar-refractivity contribution in [1.29, 1.82) is 0 Å². The SMILES string of the molecule is C#CCCC1(CCC(=O)N2CCN(c3ccc4nncn4n3)CC2)N=N1. The topological polar surface area (TPSA) is 91.4 Å². The maximum Gasteiger partial charge on any atom is 0.222 e. The molecule has 0 unspecified atom stereocenters. The molecule has 134 valence electrons. The van der Waals surface area contributed by atoms with E-state index >= 15 is 0 Å². The summed E-state index contributed by atoms with van der Waals surface area (Å²) in [7, 11) is 0. The number of carbonyl (C=O) groups excluding carboxylic acids is 1. The van der Waals surface area contributed by atoms with Gasteiger partial charge in [-0.15, -0.1) is 27.6 Å². The minimum Gasteiger partial charge on any atom is -0.352 e. The minimum atomic E-state index is -0.387. The van der Waals surface area contributed by atoms with E-state index in [1.807, 2.05) is 17.0 Å². The molecule has 1 fully saturated rings. The van der Waals surface area contributed by atoms with Crippen LogP contribution in [0.25, 0.3) is 5.65 Å². The summed E-state index contributed by atoms with van der Waals surface area (Å²) in [5.41, 5.74) is 0.333. The summed E-state index contributed by atoms with van der Waals surface area (Å²) in [5.74, 6) is 3.63. The Hall–Kier alpha value is -3.02. The van der Waals surface area contributed by atoms with Crippen LogP contribution in [0.5, 0.6) is 0 Å². The summed E-state index contributed by atoms with van der Waals surface area (Å²) < 4.78 is 1.66. The van der Waals surface area contributed by atoms with Crippen molar-refractivity contribution in [2.75, 3.05) is 31.1 Å². The number of terminal acetylenes is 1. The van der Waals surface area contributed by atoms with Gasteiger partial charge in [-0.25, -0.2) is 0 Å². The van der Waals surface area contributed by atoms with Crippen LogP contribution in [0, 0.1) is 12.3 Å². The van der Waals surface area contributed by atoms with Crippen LogP contribution < -0.4 is 4.90 Å². The first kappa shape index (κ1) is 16.4. The number of amides is 1. The Balaban J connectivity index is 1.28. The van der Waals surface area contributed by atoms with E-state index in [1.54, 1.807) is 10.8 Å². The van der Waals surface area contributed by atoms with Crippen molar-refractivity contribution in [3.05, 3.63) is 18.5 Å². The zero-order valence-electron chi connectivity index (χ0n) is 14.5. The zero-order valence-corrected chi connectivity index (χ0v) is 14.5. The van der Waals surface area contributed by atoms with Crippen LogP contribution in [0.15, 0.2) is 28.7 Å². The van der Waals surface area contributed by atoms with Crippen molar-refractivity contribution >= 4 is 17.4 Å². The van der Waals surface area contributed by atoms with E-state index < -0.39 is 0 Å². The quantitative estimate of drug-likeness (QED) is 0.727. The van der Waals surface area contributed by atoms with Gasteiger partial charge >= 0.3 is 0 Å². The molecule has 9 heteroatoms. The van der Waals surface area contributed by atoms with Gasteiger partial charge in [0.1, 0.15) is 12.1 Å². The first-order valence-corrected chi connectivity index (χ1v) is 8.76. The number of piperazine rings is 1. The fraction of sp³-hybridized carbons (Fsp3) is 0.529. The third kappa shape index (κ3) is 3.35. The molecule has 4 heterocycles. The number of hydrogen-bond donors (Lipinski definition) is 0. The van der Waals surface area contributed by atoms with E-state index in [0.717, 1.165) is 31.0 Å². The molecule has 0 atom stereocenters. The Bertz CT molecular complexity index is 868. The minimum absolute atomic E-state index is 0.157. The van der Waals surface area contributed by atoms with Crippen LogP contribution in [-0.4, -0.2) is 62.5 Å². The highest BCUT2D eigenvalue weighted by atomic mass is 16.2. The summed E-state index contributed by atoms with van der Waals surface area (Å²) in [5, 5.41) is 20.5. The van der Waals surface area contributed by atoms with Crippen molar-refractivity contribution < 1.29 is 4.79 Å². The number of aromatic nitrogens is 4. The third-order valence-electron chi connectivity index (χ3n) is 4.90. The molecule has 9 nitrogen and oxygen atoms in total. The van der Waals surface area contributed by atoms with Gasteiger partial charge in [0.15, 0.2) is 11.3 Å². The highest BCUT2D eigenvalue weighted by Crippen LogP contribution is 2.37. The maximum absolute atomic E-state index is 12.5. The summed E-state index contributed by atoms with van der Waals surface area (Å²) in [4.78, 5) is 16.6. The Labute approximate surface area is 151 Å². The number of nitrogens with zero attached hydrogens (tertiary/aromatic N) is 8. The number of rotatable bonds is 6. The number of anilines is 1. The van der Waals surface area contributed by atoms with Crippen molar-refractivity contribution in [3.8, 4) is 12.3 Å². The van der Waals surface area contributed by atoms with Crippen LogP contribution in [-0.2, 0) is 4.79 Å². The molecular weight excluding hydrogens is 332 g/mol. The van der Waals surface area contributed by atoms with Gasteiger partial charge in [-0.2, -0.15) is 14.7 Å². The molecule has 2 aromatic rings. The number of fused-ring (bicyclic) bond motifs is 1. The van der Waals surface area contributed by atoms with Crippen LogP contribution >= 0.6 is 0 Å². The fourth-order valence-corrected chi connectivity index (χ4v) is 3.21. The van der Waals surface area contributed by atoms with Crippen LogP contribution in [0.3, 0.4) is 0 Å². The molecule has 0 bridgehead atoms. The monoisotopic (exact) mass is 352 g/mol. The Morgan fingerprint density at radius 2 is 2.00 bits per heavy atom. The molecule has 0 aromatic carbocycles. The van der Waals surface area contributed by atoms with Gasteiger partial charge in [0, 0.05) is 51.9 Å². The molecule has 4 rings (SSSR count). The summed E-state index contributed by atoms with van der Waals surface area (Å²) >= 11 is 0. The second-order valence-corrected chi connectivity index (χ2v) is 6.58. The summed E-state index contributed by atoms with van der Waals surface area (Å²) in [6.45, 7) is 2.88. The number of carbonyl (C=O) groups is 1. The predicted molar refractivity (Wildman–Crippen MR) is 94.5 cm³/mol. The van der Waals surface area contributed by atoms with Gasteiger partial charge in [-0.05, 0) is 12.1 Å². The largest absolute Gasteiger partial charge is 0.352 e.